The highest BCUT2D eigenvalue weighted by Crippen LogP contribution is 2.38. The average molecular weight is 356 g/mol. The summed E-state index contributed by atoms with van der Waals surface area (Å²) in [6.07, 6.45) is -0.623. The van der Waals surface area contributed by atoms with Gasteiger partial charge in [0.05, 0.1) is 13.2 Å². The minimum Gasteiger partial charge on any atom is -0.496 e. The van der Waals surface area contributed by atoms with Crippen LogP contribution in [0.4, 0.5) is 0 Å². The van der Waals surface area contributed by atoms with Crippen LogP contribution < -0.4 is 10.5 Å². The lowest BCUT2D eigenvalue weighted by Crippen LogP contribution is -2.20. The molecule has 0 spiro atoms. The first-order chi connectivity index (χ1) is 9.58. The van der Waals surface area contributed by atoms with Crippen LogP contribution in [0.5, 0.6) is 5.75 Å². The molecule has 0 radical (unpaired) electrons. The summed E-state index contributed by atoms with van der Waals surface area (Å²) < 4.78 is 6.27. The third-order valence-electron chi connectivity index (χ3n) is 3.41. The van der Waals surface area contributed by atoms with Gasteiger partial charge >= 0.3 is 0 Å². The van der Waals surface area contributed by atoms with Crippen molar-refractivity contribution in [1.82, 2.24) is 0 Å². The van der Waals surface area contributed by atoms with E-state index >= 15 is 0 Å². The molecule has 0 aliphatic rings. The Balaban J connectivity index is 2.35. The normalized spacial score (nSPS) is 14.1. The molecule has 3 nitrogen and oxygen atoms in total. The largest absolute Gasteiger partial charge is 0.496 e. The molecule has 0 bridgehead atoms. The number of hydrogen-bond acceptors (Lipinski definition) is 4. The first kappa shape index (κ1) is 15.5. The second kappa shape index (κ2) is 6.72. The van der Waals surface area contributed by atoms with Gasteiger partial charge in [-0.2, -0.15) is 0 Å². The number of rotatable bonds is 5. The van der Waals surface area contributed by atoms with E-state index in [9.17, 15) is 5.11 Å². The lowest BCUT2D eigenvalue weighted by atomic mass is 9.91. The molecule has 0 saturated heterocycles. The Bertz CT molecular complexity index is 585. The van der Waals surface area contributed by atoms with Crippen LogP contribution in [0.2, 0.25) is 0 Å². The highest BCUT2D eigenvalue weighted by atomic mass is 79.9. The molecule has 1 heterocycles. The zero-order chi connectivity index (χ0) is 14.7. The van der Waals surface area contributed by atoms with Crippen molar-refractivity contribution in [3.8, 4) is 5.75 Å². The van der Waals surface area contributed by atoms with Crippen LogP contribution in [0.25, 0.3) is 0 Å². The maximum Gasteiger partial charge on any atom is 0.122 e. The van der Waals surface area contributed by atoms with Crippen LogP contribution in [-0.2, 0) is 0 Å². The minimum absolute atomic E-state index is 0.153. The van der Waals surface area contributed by atoms with Crippen molar-refractivity contribution >= 4 is 27.3 Å². The highest BCUT2D eigenvalue weighted by molar-refractivity contribution is 9.10. The van der Waals surface area contributed by atoms with Crippen LogP contribution in [0, 0.1) is 6.92 Å². The van der Waals surface area contributed by atoms with Gasteiger partial charge in [0.25, 0.3) is 0 Å². The van der Waals surface area contributed by atoms with E-state index in [1.54, 1.807) is 7.11 Å². The van der Waals surface area contributed by atoms with E-state index in [1.165, 1.54) is 11.3 Å². The second-order valence-corrected chi connectivity index (χ2v) is 6.45. The van der Waals surface area contributed by atoms with Gasteiger partial charge in [-0.3, -0.25) is 0 Å². The Morgan fingerprint density at radius 2 is 2.15 bits per heavy atom. The maximum absolute atomic E-state index is 10.6. The number of methoxy groups -OCH3 is 1. The summed E-state index contributed by atoms with van der Waals surface area (Å²) >= 11 is 4.99. The first-order valence-corrected chi connectivity index (χ1v) is 8.01. The molecule has 0 fully saturated rings. The second-order valence-electron chi connectivity index (χ2n) is 4.65. The number of benzene rings is 1. The Hall–Kier alpha value is -0.880. The van der Waals surface area contributed by atoms with Gasteiger partial charge in [0.1, 0.15) is 5.75 Å². The summed E-state index contributed by atoms with van der Waals surface area (Å²) in [5, 5.41) is 12.5. The van der Waals surface area contributed by atoms with E-state index in [0.717, 1.165) is 26.2 Å². The minimum atomic E-state index is -0.623. The molecule has 0 saturated carbocycles. The predicted molar refractivity (Wildman–Crippen MR) is 86.5 cm³/mol. The molecule has 0 aliphatic carbocycles. The van der Waals surface area contributed by atoms with E-state index in [4.69, 9.17) is 10.5 Å². The Morgan fingerprint density at radius 1 is 1.40 bits per heavy atom. The van der Waals surface area contributed by atoms with Crippen LogP contribution in [-0.4, -0.2) is 18.8 Å². The van der Waals surface area contributed by atoms with Gasteiger partial charge in [-0.1, -0.05) is 12.1 Å². The number of hydrogen-bond donors (Lipinski definition) is 2. The molecule has 0 aliphatic heterocycles. The van der Waals surface area contributed by atoms with E-state index in [1.807, 2.05) is 36.6 Å². The SMILES string of the molecule is COc1cc(C(CN)C(O)c2sccc2Br)ccc1C. The van der Waals surface area contributed by atoms with Crippen molar-refractivity contribution in [2.45, 2.75) is 18.9 Å². The monoisotopic (exact) mass is 355 g/mol. The summed E-state index contributed by atoms with van der Waals surface area (Å²) in [6.45, 7) is 2.37. The van der Waals surface area contributed by atoms with E-state index in [0.29, 0.717) is 6.54 Å². The zero-order valence-corrected chi connectivity index (χ0v) is 13.9. The smallest absolute Gasteiger partial charge is 0.122 e. The van der Waals surface area contributed by atoms with Gasteiger partial charge in [0, 0.05) is 21.8 Å². The topological polar surface area (TPSA) is 55.5 Å². The fourth-order valence-corrected chi connectivity index (χ4v) is 3.87. The Labute approximate surface area is 131 Å². The molecule has 5 heteroatoms. The lowest BCUT2D eigenvalue weighted by Gasteiger charge is -2.22. The van der Waals surface area contributed by atoms with Crippen molar-refractivity contribution in [1.29, 1.82) is 0 Å². The summed E-state index contributed by atoms with van der Waals surface area (Å²) in [5.41, 5.74) is 7.94. The van der Waals surface area contributed by atoms with Crippen LogP contribution >= 0.6 is 27.3 Å². The summed E-state index contributed by atoms with van der Waals surface area (Å²) in [5.74, 6) is 0.665. The molecule has 1 aromatic heterocycles. The number of halogens is 1. The maximum atomic E-state index is 10.6. The molecule has 3 N–H and O–H groups in total. The van der Waals surface area contributed by atoms with Crippen molar-refractivity contribution in [2.75, 3.05) is 13.7 Å². The number of aliphatic hydroxyl groups is 1. The van der Waals surface area contributed by atoms with Crippen LogP contribution in [0.3, 0.4) is 0 Å². The zero-order valence-electron chi connectivity index (χ0n) is 11.5. The van der Waals surface area contributed by atoms with Gasteiger partial charge in [-0.25, -0.2) is 0 Å². The fourth-order valence-electron chi connectivity index (χ4n) is 2.21. The molecule has 2 aromatic rings. The van der Waals surface area contributed by atoms with Crippen LogP contribution in [0.15, 0.2) is 34.1 Å². The van der Waals surface area contributed by atoms with E-state index < -0.39 is 6.10 Å². The lowest BCUT2D eigenvalue weighted by molar-refractivity contribution is 0.150. The molecule has 108 valence electrons. The standard InChI is InChI=1S/C15H18BrNO2S/c1-9-3-4-10(7-13(9)19-2)11(8-17)14(18)15-12(16)5-6-20-15/h3-7,11,14,18H,8,17H2,1-2H3. The number of nitrogens with two attached hydrogens (primary N) is 1. The summed E-state index contributed by atoms with van der Waals surface area (Å²) in [4.78, 5) is 0.903. The molecular formula is C15H18BrNO2S. The Morgan fingerprint density at radius 3 is 2.70 bits per heavy atom. The quantitative estimate of drug-likeness (QED) is 0.861. The van der Waals surface area contributed by atoms with Crippen molar-refractivity contribution in [3.05, 3.63) is 50.1 Å². The van der Waals surface area contributed by atoms with Gasteiger partial charge in [0.15, 0.2) is 0 Å². The molecule has 2 unspecified atom stereocenters. The van der Waals surface area contributed by atoms with Crippen molar-refractivity contribution in [2.24, 2.45) is 5.73 Å². The average Bonchev–Trinajstić information content (AvgIpc) is 2.87. The molecule has 20 heavy (non-hydrogen) atoms. The van der Waals surface area contributed by atoms with Gasteiger partial charge in [-0.15, -0.1) is 11.3 Å². The van der Waals surface area contributed by atoms with E-state index in [2.05, 4.69) is 15.9 Å². The summed E-state index contributed by atoms with van der Waals surface area (Å²) in [6, 6.07) is 7.89. The number of thiophene rings is 1. The molecule has 0 amide bonds. The van der Waals surface area contributed by atoms with Gasteiger partial charge < -0.3 is 15.6 Å². The molecular weight excluding hydrogens is 338 g/mol. The van der Waals surface area contributed by atoms with E-state index in [-0.39, 0.29) is 5.92 Å². The third kappa shape index (κ3) is 3.06. The fraction of sp³-hybridized carbons (Fsp3) is 0.333. The highest BCUT2D eigenvalue weighted by Gasteiger charge is 2.24. The number of ether oxygens (including phenoxy) is 1. The first-order valence-electron chi connectivity index (χ1n) is 6.34. The number of aliphatic hydroxyl groups excluding tert-OH is 1. The van der Waals surface area contributed by atoms with Crippen LogP contribution in [0.1, 0.15) is 28.0 Å². The van der Waals surface area contributed by atoms with Gasteiger partial charge in [0.2, 0.25) is 0 Å². The Kier molecular flexibility index (Phi) is 5.21. The van der Waals surface area contributed by atoms with Crippen molar-refractivity contribution < 1.29 is 9.84 Å². The third-order valence-corrected chi connectivity index (χ3v) is 5.35. The molecule has 2 atom stereocenters. The molecule has 2 rings (SSSR count). The van der Waals surface area contributed by atoms with Gasteiger partial charge in [-0.05, 0) is 51.5 Å². The van der Waals surface area contributed by atoms with Crippen molar-refractivity contribution in [3.63, 3.8) is 0 Å². The summed E-state index contributed by atoms with van der Waals surface area (Å²) in [7, 11) is 1.65. The molecule has 1 aromatic carbocycles. The number of aryl methyl sites for hydroxylation is 1. The predicted octanol–water partition coefficient (Wildman–Crippen LogP) is 3.60.